The monoisotopic (exact) mass is 576 g/mol. The average molecular weight is 577 g/mol. The molecule has 7 heteroatoms. The van der Waals surface area contributed by atoms with E-state index in [2.05, 4.69) is 19.2 Å². The van der Waals surface area contributed by atoms with Gasteiger partial charge in [-0.3, -0.25) is 0 Å². The highest BCUT2D eigenvalue weighted by Crippen LogP contribution is 2.33. The normalized spacial score (nSPS) is 10.5. The van der Waals surface area contributed by atoms with Crippen LogP contribution < -0.4 is 9.47 Å². The molecule has 3 rings (SSSR count). The minimum Gasteiger partial charge on any atom is -0.494 e. The summed E-state index contributed by atoms with van der Waals surface area (Å²) in [5.74, 6) is 0.841. The third-order valence-electron chi connectivity index (χ3n) is 6.26. The van der Waals surface area contributed by atoms with Crippen molar-refractivity contribution in [2.24, 2.45) is 0 Å². The number of carbonyl (C=O) groups is 2. The third-order valence-corrected chi connectivity index (χ3v) is 6.57. The van der Waals surface area contributed by atoms with Crippen molar-refractivity contribution in [1.29, 1.82) is 0 Å². The first kappa shape index (κ1) is 31.5. The minimum atomic E-state index is -0.387. The van der Waals surface area contributed by atoms with Crippen LogP contribution in [0.1, 0.15) is 38.5 Å². The zero-order chi connectivity index (χ0) is 29.3. The van der Waals surface area contributed by atoms with Crippen LogP contribution in [0, 0.1) is 0 Å². The maximum atomic E-state index is 11.0. The lowest BCUT2D eigenvalue weighted by Crippen LogP contribution is -2.03. The van der Waals surface area contributed by atoms with E-state index in [0.717, 1.165) is 72.3 Å². The first-order chi connectivity index (χ1) is 20.0. The number of esters is 2. The Hall–Kier alpha value is -4.03. The molecular formula is C34H37ClO6. The molecule has 0 radical (unpaired) electrons. The van der Waals surface area contributed by atoms with Crippen molar-refractivity contribution in [3.05, 3.63) is 97.1 Å². The standard InChI is InChI=1S/C34H37ClO6/c1-3-33(36)40-23-9-5-7-21-38-29-16-11-26(12-17-29)28-15-20-31(32(35)25-28)27-13-18-30(19-14-27)39-22-8-6-10-24-41-34(37)4-2/h3-4,11-20,25H,1-2,5-10,21-24H2. The summed E-state index contributed by atoms with van der Waals surface area (Å²) in [7, 11) is 0. The second-order valence-corrected chi connectivity index (χ2v) is 9.71. The molecule has 0 heterocycles. The smallest absolute Gasteiger partial charge is 0.330 e. The van der Waals surface area contributed by atoms with Gasteiger partial charge >= 0.3 is 11.9 Å². The Kier molecular flexibility index (Phi) is 13.5. The lowest BCUT2D eigenvalue weighted by molar-refractivity contribution is -0.138. The van der Waals surface area contributed by atoms with Gasteiger partial charge < -0.3 is 18.9 Å². The van der Waals surface area contributed by atoms with Crippen molar-refractivity contribution in [2.45, 2.75) is 38.5 Å². The maximum Gasteiger partial charge on any atom is 0.330 e. The summed E-state index contributed by atoms with van der Waals surface area (Å²) in [5, 5.41) is 0.674. The number of ether oxygens (including phenoxy) is 4. The second-order valence-electron chi connectivity index (χ2n) is 9.30. The molecule has 3 aromatic carbocycles. The van der Waals surface area contributed by atoms with E-state index in [1.54, 1.807) is 0 Å². The summed E-state index contributed by atoms with van der Waals surface area (Å²) in [6.07, 6.45) is 7.54. The molecule has 0 aliphatic heterocycles. The molecule has 0 saturated carbocycles. The molecule has 0 N–H and O–H groups in total. The molecular weight excluding hydrogens is 540 g/mol. The highest BCUT2D eigenvalue weighted by atomic mass is 35.5. The van der Waals surface area contributed by atoms with Crippen LogP contribution in [0.5, 0.6) is 11.5 Å². The Bertz CT molecular complexity index is 1270. The van der Waals surface area contributed by atoms with Crippen LogP contribution in [-0.4, -0.2) is 38.4 Å². The van der Waals surface area contributed by atoms with E-state index in [1.165, 1.54) is 12.2 Å². The van der Waals surface area contributed by atoms with Crippen molar-refractivity contribution in [3.8, 4) is 33.8 Å². The summed E-state index contributed by atoms with van der Waals surface area (Å²) in [4.78, 5) is 22.0. The molecule has 0 fully saturated rings. The molecule has 0 aromatic heterocycles. The van der Waals surface area contributed by atoms with Gasteiger partial charge in [-0.15, -0.1) is 0 Å². The molecule has 0 aliphatic rings. The molecule has 0 bridgehead atoms. The first-order valence-electron chi connectivity index (χ1n) is 13.8. The van der Waals surface area contributed by atoms with Gasteiger partial charge in [-0.25, -0.2) is 9.59 Å². The third kappa shape index (κ3) is 11.2. The molecule has 6 nitrogen and oxygen atoms in total. The average Bonchev–Trinajstić information content (AvgIpc) is 3.00. The maximum absolute atomic E-state index is 11.0. The van der Waals surface area contributed by atoms with E-state index in [-0.39, 0.29) is 11.9 Å². The van der Waals surface area contributed by atoms with Crippen molar-refractivity contribution in [1.82, 2.24) is 0 Å². The number of unbranched alkanes of at least 4 members (excludes halogenated alkanes) is 4. The molecule has 216 valence electrons. The van der Waals surface area contributed by atoms with Gasteiger partial charge in [0.1, 0.15) is 11.5 Å². The highest BCUT2D eigenvalue weighted by Gasteiger charge is 2.08. The lowest BCUT2D eigenvalue weighted by Gasteiger charge is -2.11. The van der Waals surface area contributed by atoms with Crippen LogP contribution >= 0.6 is 11.6 Å². The predicted octanol–water partition coefficient (Wildman–Crippen LogP) is 8.23. The second kappa shape index (κ2) is 17.6. The van der Waals surface area contributed by atoms with Crippen LogP contribution in [0.3, 0.4) is 0 Å². The fourth-order valence-corrected chi connectivity index (χ4v) is 4.30. The quantitative estimate of drug-likeness (QED) is 0.0862. The Labute approximate surface area is 247 Å². The van der Waals surface area contributed by atoms with Crippen molar-refractivity contribution >= 4 is 23.5 Å². The molecule has 3 aromatic rings. The summed E-state index contributed by atoms with van der Waals surface area (Å²) < 4.78 is 21.6. The van der Waals surface area contributed by atoms with Gasteiger partial charge in [0.2, 0.25) is 0 Å². The topological polar surface area (TPSA) is 71.1 Å². The summed E-state index contributed by atoms with van der Waals surface area (Å²) >= 11 is 6.68. The zero-order valence-electron chi connectivity index (χ0n) is 23.3. The first-order valence-corrected chi connectivity index (χ1v) is 14.2. The van der Waals surface area contributed by atoms with Crippen molar-refractivity contribution in [3.63, 3.8) is 0 Å². The number of rotatable bonds is 18. The Morgan fingerprint density at radius 2 is 1.02 bits per heavy atom. The molecule has 0 atom stereocenters. The number of hydrogen-bond acceptors (Lipinski definition) is 6. The van der Waals surface area contributed by atoms with Gasteiger partial charge in [-0.05, 0) is 85.5 Å². The Balaban J connectivity index is 1.42. The number of benzene rings is 3. The van der Waals surface area contributed by atoms with Crippen LogP contribution in [0.2, 0.25) is 5.02 Å². The number of hydrogen-bond donors (Lipinski definition) is 0. The van der Waals surface area contributed by atoms with Crippen LogP contribution in [0.4, 0.5) is 0 Å². The molecule has 0 spiro atoms. The Morgan fingerprint density at radius 1 is 0.585 bits per heavy atom. The SMILES string of the molecule is C=CC(=O)OCCCCCOc1ccc(-c2ccc(-c3ccc(OCCCCCOC(=O)C=C)cc3)c(Cl)c2)cc1. The van der Waals surface area contributed by atoms with Crippen molar-refractivity contribution in [2.75, 3.05) is 26.4 Å². The lowest BCUT2D eigenvalue weighted by atomic mass is 10.00. The number of halogens is 1. The largest absolute Gasteiger partial charge is 0.494 e. The van der Waals surface area contributed by atoms with Gasteiger partial charge in [-0.1, -0.05) is 61.2 Å². The van der Waals surface area contributed by atoms with E-state index in [0.29, 0.717) is 31.5 Å². The molecule has 0 amide bonds. The van der Waals surface area contributed by atoms with Gasteiger partial charge in [0.15, 0.2) is 0 Å². The van der Waals surface area contributed by atoms with Crippen LogP contribution in [-0.2, 0) is 19.1 Å². The van der Waals surface area contributed by atoms with Crippen molar-refractivity contribution < 1.29 is 28.5 Å². The highest BCUT2D eigenvalue weighted by molar-refractivity contribution is 6.33. The van der Waals surface area contributed by atoms with E-state index in [1.807, 2.05) is 60.7 Å². The predicted molar refractivity (Wildman–Crippen MR) is 163 cm³/mol. The summed E-state index contributed by atoms with van der Waals surface area (Å²) in [6, 6.07) is 21.9. The van der Waals surface area contributed by atoms with Gasteiger partial charge in [0, 0.05) is 22.7 Å². The fourth-order valence-electron chi connectivity index (χ4n) is 4.01. The van der Waals surface area contributed by atoms with E-state index < -0.39 is 0 Å². The van der Waals surface area contributed by atoms with Crippen LogP contribution in [0.15, 0.2) is 92.0 Å². The van der Waals surface area contributed by atoms with Gasteiger partial charge in [0.25, 0.3) is 0 Å². The molecule has 0 unspecified atom stereocenters. The van der Waals surface area contributed by atoms with E-state index >= 15 is 0 Å². The van der Waals surface area contributed by atoms with E-state index in [4.69, 9.17) is 30.5 Å². The summed E-state index contributed by atoms with van der Waals surface area (Å²) in [6.45, 7) is 8.76. The minimum absolute atomic E-state index is 0.385. The van der Waals surface area contributed by atoms with E-state index in [9.17, 15) is 9.59 Å². The number of carbonyl (C=O) groups excluding carboxylic acids is 2. The zero-order valence-corrected chi connectivity index (χ0v) is 24.1. The molecule has 0 saturated heterocycles. The molecule has 41 heavy (non-hydrogen) atoms. The fraction of sp³-hybridized carbons (Fsp3) is 0.294. The summed E-state index contributed by atoms with van der Waals surface area (Å²) in [5.41, 5.74) is 4.05. The van der Waals surface area contributed by atoms with Gasteiger partial charge in [0.05, 0.1) is 26.4 Å². The Morgan fingerprint density at radius 3 is 1.49 bits per heavy atom. The van der Waals surface area contributed by atoms with Crippen LogP contribution in [0.25, 0.3) is 22.3 Å². The molecule has 0 aliphatic carbocycles. The van der Waals surface area contributed by atoms with Gasteiger partial charge in [-0.2, -0.15) is 0 Å².